The van der Waals surface area contributed by atoms with Crippen LogP contribution in [0.2, 0.25) is 0 Å². The molecule has 2 aliphatic rings. The number of nitrogens with zero attached hydrogens (tertiary/aromatic N) is 7. The highest BCUT2D eigenvalue weighted by Gasteiger charge is 2.39. The highest BCUT2D eigenvalue weighted by molar-refractivity contribution is 5.83. The Balaban J connectivity index is 1.71. The van der Waals surface area contributed by atoms with E-state index in [0.717, 1.165) is 6.07 Å². The number of rotatable bonds is 4. The second kappa shape index (κ2) is 8.50. The number of anilines is 1. The third-order valence-corrected chi connectivity index (χ3v) is 6.13. The Hall–Kier alpha value is -2.83. The first-order chi connectivity index (χ1) is 15.8. The van der Waals surface area contributed by atoms with Gasteiger partial charge in [-0.15, -0.1) is 5.10 Å². The fourth-order valence-electron chi connectivity index (χ4n) is 4.52. The zero-order valence-electron chi connectivity index (χ0n) is 18.0. The SMILES string of the molecule is Cn1nnc2c(N3CCC(O)C3)nc(C(c3ccccc3C(F)(F)F)N3CCOCC3)nc21. The molecule has 2 unspecified atom stereocenters. The molecule has 9 nitrogen and oxygen atoms in total. The molecule has 33 heavy (non-hydrogen) atoms. The Kier molecular flexibility index (Phi) is 5.67. The molecule has 0 spiro atoms. The molecular formula is C21H24F3N7O2. The van der Waals surface area contributed by atoms with Crippen LogP contribution in [0.3, 0.4) is 0 Å². The van der Waals surface area contributed by atoms with Crippen molar-refractivity contribution < 1.29 is 23.0 Å². The van der Waals surface area contributed by atoms with Gasteiger partial charge >= 0.3 is 6.18 Å². The summed E-state index contributed by atoms with van der Waals surface area (Å²) in [4.78, 5) is 13.2. The molecule has 5 rings (SSSR count). The maximum Gasteiger partial charge on any atom is 0.416 e. The summed E-state index contributed by atoms with van der Waals surface area (Å²) in [6.45, 7) is 2.63. The number of aliphatic hydroxyl groups excluding tert-OH is 1. The second-order valence-corrected chi connectivity index (χ2v) is 8.32. The first kappa shape index (κ1) is 22.0. The van der Waals surface area contributed by atoms with Crippen LogP contribution in [0.1, 0.15) is 29.4 Å². The summed E-state index contributed by atoms with van der Waals surface area (Å²) >= 11 is 0. The molecule has 0 amide bonds. The normalized spacial score (nSPS) is 21.1. The van der Waals surface area contributed by atoms with Gasteiger partial charge in [0.25, 0.3) is 0 Å². The molecule has 3 aromatic rings. The van der Waals surface area contributed by atoms with E-state index in [1.54, 1.807) is 13.1 Å². The van der Waals surface area contributed by atoms with E-state index in [1.165, 1.54) is 16.8 Å². The van der Waals surface area contributed by atoms with E-state index < -0.39 is 23.9 Å². The van der Waals surface area contributed by atoms with Gasteiger partial charge in [0.15, 0.2) is 22.8 Å². The number of morpholine rings is 1. The van der Waals surface area contributed by atoms with Crippen LogP contribution in [-0.2, 0) is 18.0 Å². The summed E-state index contributed by atoms with van der Waals surface area (Å²) in [5, 5.41) is 18.3. The van der Waals surface area contributed by atoms with Crippen LogP contribution in [0.5, 0.6) is 0 Å². The van der Waals surface area contributed by atoms with Gasteiger partial charge in [0, 0.05) is 33.2 Å². The van der Waals surface area contributed by atoms with Gasteiger partial charge in [0.05, 0.1) is 30.9 Å². The van der Waals surface area contributed by atoms with E-state index in [2.05, 4.69) is 15.3 Å². The number of aryl methyl sites for hydroxylation is 1. The molecule has 0 bridgehead atoms. The van der Waals surface area contributed by atoms with Crippen molar-refractivity contribution in [2.45, 2.75) is 24.7 Å². The molecule has 0 saturated carbocycles. The minimum Gasteiger partial charge on any atom is -0.391 e. The van der Waals surface area contributed by atoms with Crippen LogP contribution in [0.15, 0.2) is 24.3 Å². The lowest BCUT2D eigenvalue weighted by Gasteiger charge is -2.35. The van der Waals surface area contributed by atoms with Gasteiger partial charge in [-0.05, 0) is 18.1 Å². The van der Waals surface area contributed by atoms with Gasteiger partial charge in [-0.2, -0.15) is 13.2 Å². The van der Waals surface area contributed by atoms with E-state index in [9.17, 15) is 18.3 Å². The number of β-amino-alcohol motifs (C(OH)–C–C–N with tert-alkyl or cyclic N) is 1. The molecule has 2 fully saturated rings. The smallest absolute Gasteiger partial charge is 0.391 e. The quantitative estimate of drug-likeness (QED) is 0.626. The number of fused-ring (bicyclic) bond motifs is 1. The fraction of sp³-hybridized carbons (Fsp3) is 0.524. The highest BCUT2D eigenvalue weighted by atomic mass is 19.4. The van der Waals surface area contributed by atoms with E-state index in [0.29, 0.717) is 62.8 Å². The zero-order chi connectivity index (χ0) is 23.2. The second-order valence-electron chi connectivity index (χ2n) is 8.32. The molecule has 1 aromatic carbocycles. The monoisotopic (exact) mass is 463 g/mol. The van der Waals surface area contributed by atoms with Crippen molar-refractivity contribution in [3.63, 3.8) is 0 Å². The molecule has 2 aromatic heterocycles. The lowest BCUT2D eigenvalue weighted by Crippen LogP contribution is -2.41. The summed E-state index contributed by atoms with van der Waals surface area (Å²) in [6.07, 6.45) is -4.46. The number of hydrogen-bond donors (Lipinski definition) is 1. The summed E-state index contributed by atoms with van der Waals surface area (Å²) < 4.78 is 48.9. The molecule has 2 atom stereocenters. The number of benzene rings is 1. The zero-order valence-corrected chi connectivity index (χ0v) is 18.0. The van der Waals surface area contributed by atoms with Gasteiger partial charge in [-0.25, -0.2) is 14.6 Å². The Morgan fingerprint density at radius 3 is 2.58 bits per heavy atom. The summed E-state index contributed by atoms with van der Waals surface area (Å²) in [5.74, 6) is 0.713. The molecule has 2 saturated heterocycles. The first-order valence-electron chi connectivity index (χ1n) is 10.8. The van der Waals surface area contributed by atoms with Crippen LogP contribution in [0.4, 0.5) is 19.0 Å². The Morgan fingerprint density at radius 2 is 1.88 bits per heavy atom. The number of aromatic nitrogens is 5. The number of hydrogen-bond acceptors (Lipinski definition) is 8. The molecule has 0 radical (unpaired) electrons. The van der Waals surface area contributed by atoms with Crippen LogP contribution >= 0.6 is 0 Å². The van der Waals surface area contributed by atoms with E-state index in [4.69, 9.17) is 9.72 Å². The lowest BCUT2D eigenvalue weighted by atomic mass is 9.97. The molecule has 0 aliphatic carbocycles. The van der Waals surface area contributed by atoms with Gasteiger partial charge in [0.1, 0.15) is 0 Å². The number of aliphatic hydroxyl groups is 1. The topological polar surface area (TPSA) is 92.4 Å². The van der Waals surface area contributed by atoms with Crippen LogP contribution in [0, 0.1) is 0 Å². The van der Waals surface area contributed by atoms with E-state index >= 15 is 0 Å². The molecule has 4 heterocycles. The van der Waals surface area contributed by atoms with Crippen molar-refractivity contribution in [3.05, 3.63) is 41.2 Å². The van der Waals surface area contributed by atoms with Crippen molar-refractivity contribution in [1.82, 2.24) is 29.9 Å². The van der Waals surface area contributed by atoms with Crippen LogP contribution in [-0.4, -0.2) is 80.5 Å². The minimum absolute atomic E-state index is 0.0915. The number of alkyl halides is 3. The lowest BCUT2D eigenvalue weighted by molar-refractivity contribution is -0.138. The van der Waals surface area contributed by atoms with Crippen LogP contribution < -0.4 is 4.90 Å². The summed E-state index contributed by atoms with van der Waals surface area (Å²) in [7, 11) is 1.68. The van der Waals surface area contributed by atoms with E-state index in [1.807, 2.05) is 9.80 Å². The molecule has 176 valence electrons. The van der Waals surface area contributed by atoms with Crippen LogP contribution in [0.25, 0.3) is 11.2 Å². The highest BCUT2D eigenvalue weighted by Crippen LogP contribution is 2.39. The van der Waals surface area contributed by atoms with Crippen molar-refractivity contribution in [3.8, 4) is 0 Å². The first-order valence-corrected chi connectivity index (χ1v) is 10.8. The van der Waals surface area contributed by atoms with Crippen molar-refractivity contribution in [1.29, 1.82) is 0 Å². The standard InChI is InChI=1S/C21H24F3N7O2/c1-29-19-16(27-28-29)20(31-7-6-13(32)12-31)26-18(25-19)17(30-8-10-33-11-9-30)14-4-2-3-5-15(14)21(22,23)24/h2-5,13,17,32H,6-12H2,1H3. The average molecular weight is 463 g/mol. The number of halogens is 3. The summed E-state index contributed by atoms with van der Waals surface area (Å²) in [6, 6.07) is 4.72. The predicted octanol–water partition coefficient (Wildman–Crippen LogP) is 1.77. The summed E-state index contributed by atoms with van der Waals surface area (Å²) in [5.41, 5.74) is 0.263. The number of ether oxygens (including phenoxy) is 1. The Bertz CT molecular complexity index is 1150. The minimum atomic E-state index is -4.53. The molecule has 1 N–H and O–H groups in total. The third-order valence-electron chi connectivity index (χ3n) is 6.13. The van der Waals surface area contributed by atoms with Crippen molar-refractivity contribution >= 4 is 17.0 Å². The molecule has 2 aliphatic heterocycles. The maximum absolute atomic E-state index is 14.0. The van der Waals surface area contributed by atoms with Gasteiger partial charge in [-0.3, -0.25) is 4.90 Å². The third kappa shape index (κ3) is 4.13. The van der Waals surface area contributed by atoms with Crippen molar-refractivity contribution in [2.24, 2.45) is 7.05 Å². The molecule has 12 heteroatoms. The predicted molar refractivity (Wildman–Crippen MR) is 113 cm³/mol. The average Bonchev–Trinajstić information content (AvgIpc) is 3.40. The largest absolute Gasteiger partial charge is 0.416 e. The van der Waals surface area contributed by atoms with Gasteiger partial charge in [0.2, 0.25) is 0 Å². The van der Waals surface area contributed by atoms with E-state index in [-0.39, 0.29) is 11.4 Å². The fourth-order valence-corrected chi connectivity index (χ4v) is 4.52. The Labute approximate surface area is 187 Å². The van der Waals surface area contributed by atoms with Gasteiger partial charge in [-0.1, -0.05) is 23.4 Å². The maximum atomic E-state index is 14.0. The van der Waals surface area contributed by atoms with Crippen molar-refractivity contribution in [2.75, 3.05) is 44.3 Å². The Morgan fingerprint density at radius 1 is 1.12 bits per heavy atom. The van der Waals surface area contributed by atoms with Gasteiger partial charge < -0.3 is 14.7 Å². The molecular weight excluding hydrogens is 439 g/mol.